The summed E-state index contributed by atoms with van der Waals surface area (Å²) in [4.78, 5) is 5.41. The largest absolute Gasteiger partial charge is 0.419 e. The number of halogens is 3. The Morgan fingerprint density at radius 3 is 2.50 bits per heavy atom. The molecule has 0 amide bonds. The van der Waals surface area contributed by atoms with E-state index >= 15 is 0 Å². The van der Waals surface area contributed by atoms with Crippen LogP contribution in [-0.4, -0.2) is 36.4 Å². The Morgan fingerprint density at radius 1 is 1.28 bits per heavy atom. The van der Waals surface area contributed by atoms with Crippen LogP contribution in [0.15, 0.2) is 12.1 Å². The lowest BCUT2D eigenvalue weighted by Crippen LogP contribution is -2.38. The zero-order chi connectivity index (χ0) is 13.2. The number of aromatic nitrogens is 1. The van der Waals surface area contributed by atoms with Crippen molar-refractivity contribution in [1.29, 1.82) is 0 Å². The average molecular weight is 262 g/mol. The number of pyridine rings is 1. The van der Waals surface area contributed by atoms with Crippen LogP contribution >= 0.6 is 0 Å². The summed E-state index contributed by atoms with van der Waals surface area (Å²) in [6, 6.07) is 2.15. The summed E-state index contributed by atoms with van der Waals surface area (Å²) in [5.74, 6) is -0.127. The Bertz CT molecular complexity index is 417. The SMILES string of the molecule is OCc1ccc(C(F)(F)F)c(N2CCOCC2)n1. The van der Waals surface area contributed by atoms with E-state index in [9.17, 15) is 13.2 Å². The summed E-state index contributed by atoms with van der Waals surface area (Å²) in [5, 5.41) is 8.97. The first-order valence-electron chi connectivity index (χ1n) is 5.53. The van der Waals surface area contributed by atoms with Crippen LogP contribution in [0.25, 0.3) is 0 Å². The van der Waals surface area contributed by atoms with Crippen LogP contribution in [0.4, 0.5) is 19.0 Å². The van der Waals surface area contributed by atoms with E-state index in [0.717, 1.165) is 6.07 Å². The molecule has 4 nitrogen and oxygen atoms in total. The lowest BCUT2D eigenvalue weighted by Gasteiger charge is -2.30. The topological polar surface area (TPSA) is 45.6 Å². The maximum Gasteiger partial charge on any atom is 0.419 e. The van der Waals surface area contributed by atoms with Crippen molar-refractivity contribution in [3.8, 4) is 0 Å². The number of aliphatic hydroxyl groups is 1. The molecular weight excluding hydrogens is 249 g/mol. The number of ether oxygens (including phenoxy) is 1. The van der Waals surface area contributed by atoms with Gasteiger partial charge in [0.15, 0.2) is 0 Å². The van der Waals surface area contributed by atoms with Gasteiger partial charge in [-0.05, 0) is 12.1 Å². The zero-order valence-electron chi connectivity index (χ0n) is 9.57. The van der Waals surface area contributed by atoms with Gasteiger partial charge < -0.3 is 14.7 Å². The number of hydrogen-bond acceptors (Lipinski definition) is 4. The van der Waals surface area contributed by atoms with Crippen molar-refractivity contribution in [2.24, 2.45) is 0 Å². The highest BCUT2D eigenvalue weighted by molar-refractivity contribution is 5.49. The first-order valence-corrected chi connectivity index (χ1v) is 5.53. The van der Waals surface area contributed by atoms with Crippen LogP contribution in [0.5, 0.6) is 0 Å². The van der Waals surface area contributed by atoms with Crippen LogP contribution in [0.3, 0.4) is 0 Å². The second kappa shape index (κ2) is 5.11. The summed E-state index contributed by atoms with van der Waals surface area (Å²) < 4.78 is 43.7. The van der Waals surface area contributed by atoms with E-state index in [0.29, 0.717) is 26.3 Å². The maximum atomic E-state index is 12.9. The fraction of sp³-hybridized carbons (Fsp3) is 0.545. The highest BCUT2D eigenvalue weighted by Gasteiger charge is 2.36. The van der Waals surface area contributed by atoms with Gasteiger partial charge in [-0.15, -0.1) is 0 Å². The average Bonchev–Trinajstić information content (AvgIpc) is 2.38. The van der Waals surface area contributed by atoms with Crippen molar-refractivity contribution in [1.82, 2.24) is 4.98 Å². The van der Waals surface area contributed by atoms with Gasteiger partial charge in [0, 0.05) is 13.1 Å². The molecule has 100 valence electrons. The molecule has 0 unspecified atom stereocenters. The molecule has 1 fully saturated rings. The van der Waals surface area contributed by atoms with Crippen LogP contribution in [0.2, 0.25) is 0 Å². The van der Waals surface area contributed by atoms with E-state index in [1.807, 2.05) is 0 Å². The fourth-order valence-electron chi connectivity index (χ4n) is 1.81. The molecule has 7 heteroatoms. The molecule has 0 spiro atoms. The molecule has 0 atom stereocenters. The predicted molar refractivity (Wildman–Crippen MR) is 58.2 cm³/mol. The molecule has 1 saturated heterocycles. The summed E-state index contributed by atoms with van der Waals surface area (Å²) in [6.45, 7) is 1.11. The second-order valence-electron chi connectivity index (χ2n) is 3.93. The lowest BCUT2D eigenvalue weighted by atomic mass is 10.2. The Balaban J connectivity index is 2.40. The normalized spacial score (nSPS) is 17.0. The number of hydrogen-bond donors (Lipinski definition) is 1. The molecule has 18 heavy (non-hydrogen) atoms. The van der Waals surface area contributed by atoms with Gasteiger partial charge in [0.2, 0.25) is 0 Å². The van der Waals surface area contributed by atoms with E-state index in [1.165, 1.54) is 11.0 Å². The number of aliphatic hydroxyl groups excluding tert-OH is 1. The van der Waals surface area contributed by atoms with Gasteiger partial charge in [0.05, 0.1) is 31.1 Å². The number of alkyl halides is 3. The van der Waals surface area contributed by atoms with Crippen molar-refractivity contribution < 1.29 is 23.0 Å². The van der Waals surface area contributed by atoms with E-state index in [1.54, 1.807) is 0 Å². The van der Waals surface area contributed by atoms with E-state index in [2.05, 4.69) is 4.98 Å². The molecule has 2 heterocycles. The molecule has 0 aromatic carbocycles. The first kappa shape index (κ1) is 13.1. The van der Waals surface area contributed by atoms with Crippen molar-refractivity contribution in [2.45, 2.75) is 12.8 Å². The predicted octanol–water partition coefficient (Wildman–Crippen LogP) is 1.43. The van der Waals surface area contributed by atoms with E-state index in [4.69, 9.17) is 9.84 Å². The standard InChI is InChI=1S/C11H13F3N2O2/c12-11(13,14)9-2-1-8(7-17)15-10(9)16-3-5-18-6-4-16/h1-2,17H,3-7H2. The quantitative estimate of drug-likeness (QED) is 0.875. The van der Waals surface area contributed by atoms with E-state index in [-0.39, 0.29) is 18.1 Å². The zero-order valence-corrected chi connectivity index (χ0v) is 9.57. The molecule has 0 radical (unpaired) electrons. The molecule has 1 N–H and O–H groups in total. The highest BCUT2D eigenvalue weighted by Crippen LogP contribution is 2.35. The van der Waals surface area contributed by atoms with Crippen molar-refractivity contribution in [3.63, 3.8) is 0 Å². The molecule has 1 aromatic rings. The minimum atomic E-state index is -4.45. The third-order valence-corrected chi connectivity index (χ3v) is 2.71. The molecule has 2 rings (SSSR count). The van der Waals surface area contributed by atoms with Crippen LogP contribution in [0.1, 0.15) is 11.3 Å². The number of anilines is 1. The van der Waals surface area contributed by atoms with Gasteiger partial charge in [-0.25, -0.2) is 4.98 Å². The molecular formula is C11H13F3N2O2. The lowest BCUT2D eigenvalue weighted by molar-refractivity contribution is -0.137. The highest BCUT2D eigenvalue weighted by atomic mass is 19.4. The first-order chi connectivity index (χ1) is 8.52. The summed E-state index contributed by atoms with van der Waals surface area (Å²) in [5.41, 5.74) is -0.550. The molecule has 1 aliphatic rings. The smallest absolute Gasteiger partial charge is 0.390 e. The Labute approximate surface area is 102 Å². The van der Waals surface area contributed by atoms with Gasteiger partial charge in [0.25, 0.3) is 0 Å². The van der Waals surface area contributed by atoms with Gasteiger partial charge in [-0.1, -0.05) is 0 Å². The van der Waals surface area contributed by atoms with Crippen LogP contribution in [-0.2, 0) is 17.5 Å². The third-order valence-electron chi connectivity index (χ3n) is 2.71. The Kier molecular flexibility index (Phi) is 3.72. The fourth-order valence-corrected chi connectivity index (χ4v) is 1.81. The monoisotopic (exact) mass is 262 g/mol. The number of rotatable bonds is 2. The third kappa shape index (κ3) is 2.73. The Hall–Kier alpha value is -1.34. The van der Waals surface area contributed by atoms with Gasteiger partial charge >= 0.3 is 6.18 Å². The van der Waals surface area contributed by atoms with Gasteiger partial charge in [-0.3, -0.25) is 0 Å². The molecule has 0 aliphatic carbocycles. The van der Waals surface area contributed by atoms with Crippen molar-refractivity contribution in [2.75, 3.05) is 31.2 Å². The summed E-state index contributed by atoms with van der Waals surface area (Å²) in [6.07, 6.45) is -4.45. The van der Waals surface area contributed by atoms with Crippen LogP contribution in [0, 0.1) is 0 Å². The van der Waals surface area contributed by atoms with Gasteiger partial charge in [0.1, 0.15) is 5.82 Å². The van der Waals surface area contributed by atoms with E-state index < -0.39 is 11.7 Å². The maximum absolute atomic E-state index is 12.9. The van der Waals surface area contributed by atoms with Crippen LogP contribution < -0.4 is 4.90 Å². The molecule has 0 saturated carbocycles. The number of nitrogens with zero attached hydrogens (tertiary/aromatic N) is 2. The molecule has 1 aliphatic heterocycles. The minimum Gasteiger partial charge on any atom is -0.390 e. The Morgan fingerprint density at radius 2 is 1.94 bits per heavy atom. The minimum absolute atomic E-state index is 0.127. The number of morpholine rings is 1. The second-order valence-corrected chi connectivity index (χ2v) is 3.93. The summed E-state index contributed by atoms with van der Waals surface area (Å²) in [7, 11) is 0. The van der Waals surface area contributed by atoms with Crippen molar-refractivity contribution >= 4 is 5.82 Å². The van der Waals surface area contributed by atoms with Gasteiger partial charge in [-0.2, -0.15) is 13.2 Å². The summed E-state index contributed by atoms with van der Waals surface area (Å²) >= 11 is 0. The molecule has 1 aromatic heterocycles. The van der Waals surface area contributed by atoms with Crippen molar-refractivity contribution in [3.05, 3.63) is 23.4 Å². The molecule has 0 bridgehead atoms.